The van der Waals surface area contributed by atoms with Gasteiger partial charge in [0.15, 0.2) is 0 Å². The number of benzene rings is 1. The summed E-state index contributed by atoms with van der Waals surface area (Å²) in [5, 5.41) is 0. The first kappa shape index (κ1) is 19.7. The zero-order valence-electron chi connectivity index (χ0n) is 13.0. The smallest absolute Gasteiger partial charge is 0.254 e. The number of amides is 1. The maximum Gasteiger partial charge on any atom is 0.254 e. The lowest BCUT2D eigenvalue weighted by Gasteiger charge is -2.22. The van der Waals surface area contributed by atoms with Crippen molar-refractivity contribution in [3.8, 4) is 0 Å². The number of rotatable bonds is 4. The predicted octanol–water partition coefficient (Wildman–Crippen LogP) is 1.43. The fraction of sp³-hybridized carbons (Fsp3) is 0.500. The van der Waals surface area contributed by atoms with E-state index in [0.29, 0.717) is 13.1 Å². The first-order valence-corrected chi connectivity index (χ1v) is 8.88. The molecular formula is C14H21ClFN3O3S. The highest BCUT2D eigenvalue weighted by Crippen LogP contribution is 2.25. The molecule has 1 aromatic carbocycles. The average Bonchev–Trinajstić information content (AvgIpc) is 2.80. The quantitative estimate of drug-likeness (QED) is 0.844. The molecule has 1 heterocycles. The van der Waals surface area contributed by atoms with Crippen LogP contribution in [0.25, 0.3) is 0 Å². The number of anilines is 1. The Kier molecular flexibility index (Phi) is 6.38. The minimum Gasteiger partial charge on any atom is -0.336 e. The second kappa shape index (κ2) is 7.46. The number of hydrogen-bond donors (Lipinski definition) is 2. The molecule has 23 heavy (non-hydrogen) atoms. The Labute approximate surface area is 141 Å². The van der Waals surface area contributed by atoms with Gasteiger partial charge in [0.05, 0.1) is 11.9 Å². The number of carbonyl (C=O) groups excluding carboxylic acids is 1. The van der Waals surface area contributed by atoms with Crippen molar-refractivity contribution < 1.29 is 17.6 Å². The van der Waals surface area contributed by atoms with E-state index in [0.717, 1.165) is 18.7 Å². The third-order valence-electron chi connectivity index (χ3n) is 3.76. The molecule has 130 valence electrons. The zero-order chi connectivity index (χ0) is 16.5. The Bertz CT molecular complexity index is 684. The first-order valence-electron chi connectivity index (χ1n) is 6.99. The largest absolute Gasteiger partial charge is 0.336 e. The van der Waals surface area contributed by atoms with Crippen LogP contribution in [0.4, 0.5) is 10.1 Å². The molecule has 1 aliphatic rings. The van der Waals surface area contributed by atoms with E-state index in [1.807, 2.05) is 6.92 Å². The fourth-order valence-electron chi connectivity index (χ4n) is 2.70. The monoisotopic (exact) mass is 365 g/mol. The molecule has 0 aliphatic carbocycles. The lowest BCUT2D eigenvalue weighted by molar-refractivity contribution is 0.0743. The first-order chi connectivity index (χ1) is 10.2. The molecular weight excluding hydrogens is 345 g/mol. The van der Waals surface area contributed by atoms with E-state index in [4.69, 9.17) is 5.73 Å². The van der Waals surface area contributed by atoms with E-state index in [1.54, 1.807) is 4.90 Å². The standard InChI is InChI=1S/C14H20FN3O3S.ClH/c1-9-5-10(7-16)8-18(9)14(19)11-3-4-12(15)13(6-11)17-22(2,20)21;/h3-4,6,9-10,17H,5,7-8,16H2,1-2H3;1H. The number of likely N-dealkylation sites (tertiary alicyclic amines) is 1. The van der Waals surface area contributed by atoms with Gasteiger partial charge in [0.2, 0.25) is 10.0 Å². The van der Waals surface area contributed by atoms with Crippen molar-refractivity contribution in [1.82, 2.24) is 4.90 Å². The summed E-state index contributed by atoms with van der Waals surface area (Å²) in [6.07, 6.45) is 1.76. The van der Waals surface area contributed by atoms with Crippen molar-refractivity contribution in [3.05, 3.63) is 29.6 Å². The lowest BCUT2D eigenvalue weighted by atomic mass is 10.1. The molecule has 0 radical (unpaired) electrons. The van der Waals surface area contributed by atoms with Gasteiger partial charge in [-0.15, -0.1) is 12.4 Å². The van der Waals surface area contributed by atoms with Crippen LogP contribution < -0.4 is 10.5 Å². The van der Waals surface area contributed by atoms with Crippen molar-refractivity contribution in [3.63, 3.8) is 0 Å². The number of hydrogen-bond acceptors (Lipinski definition) is 4. The van der Waals surface area contributed by atoms with Crippen molar-refractivity contribution in [2.75, 3.05) is 24.1 Å². The van der Waals surface area contributed by atoms with Crippen LogP contribution in [-0.4, -0.2) is 44.6 Å². The third-order valence-corrected chi connectivity index (χ3v) is 4.35. The van der Waals surface area contributed by atoms with Crippen LogP contribution in [0, 0.1) is 11.7 Å². The van der Waals surface area contributed by atoms with Crippen LogP contribution in [0.2, 0.25) is 0 Å². The summed E-state index contributed by atoms with van der Waals surface area (Å²) >= 11 is 0. The number of carbonyl (C=O) groups is 1. The molecule has 1 aliphatic heterocycles. The number of halogens is 2. The minimum atomic E-state index is -3.62. The van der Waals surface area contributed by atoms with Crippen molar-refractivity contribution in [1.29, 1.82) is 0 Å². The summed E-state index contributed by atoms with van der Waals surface area (Å²) < 4.78 is 38.2. The highest BCUT2D eigenvalue weighted by atomic mass is 35.5. The molecule has 0 spiro atoms. The van der Waals surface area contributed by atoms with Gasteiger partial charge < -0.3 is 10.6 Å². The van der Waals surface area contributed by atoms with E-state index in [9.17, 15) is 17.6 Å². The number of nitrogens with zero attached hydrogens (tertiary/aromatic N) is 1. The molecule has 0 saturated carbocycles. The molecule has 9 heteroatoms. The van der Waals surface area contributed by atoms with Crippen LogP contribution in [0.5, 0.6) is 0 Å². The van der Waals surface area contributed by atoms with Crippen molar-refractivity contribution >= 4 is 34.0 Å². The van der Waals surface area contributed by atoms with Crippen molar-refractivity contribution in [2.45, 2.75) is 19.4 Å². The Hall–Kier alpha value is -1.38. The second-order valence-corrected chi connectivity index (χ2v) is 7.46. The summed E-state index contributed by atoms with van der Waals surface area (Å²) in [6.45, 7) is 3.01. The van der Waals surface area contributed by atoms with Gasteiger partial charge in [0, 0.05) is 18.2 Å². The highest BCUT2D eigenvalue weighted by molar-refractivity contribution is 7.92. The van der Waals surface area contributed by atoms with E-state index in [2.05, 4.69) is 4.72 Å². The van der Waals surface area contributed by atoms with Gasteiger partial charge in [0.25, 0.3) is 5.91 Å². The summed E-state index contributed by atoms with van der Waals surface area (Å²) in [5.41, 5.74) is 5.67. The fourth-order valence-corrected chi connectivity index (χ4v) is 3.25. The van der Waals surface area contributed by atoms with E-state index >= 15 is 0 Å². The normalized spacial score (nSPS) is 21.0. The Balaban J connectivity index is 0.00000264. The molecule has 2 rings (SSSR count). The maximum absolute atomic E-state index is 13.7. The average molecular weight is 366 g/mol. The number of nitrogens with two attached hydrogens (primary N) is 1. The molecule has 1 fully saturated rings. The van der Waals surface area contributed by atoms with E-state index in [-0.39, 0.29) is 41.5 Å². The van der Waals surface area contributed by atoms with E-state index < -0.39 is 15.8 Å². The van der Waals surface area contributed by atoms with Gasteiger partial charge in [-0.1, -0.05) is 0 Å². The number of nitrogens with one attached hydrogen (secondary N) is 1. The summed E-state index contributed by atoms with van der Waals surface area (Å²) in [6, 6.07) is 3.72. The SMILES string of the molecule is CC1CC(CN)CN1C(=O)c1ccc(F)c(NS(C)(=O)=O)c1.Cl. The summed E-state index contributed by atoms with van der Waals surface area (Å²) in [4.78, 5) is 14.2. The maximum atomic E-state index is 13.7. The van der Waals surface area contributed by atoms with E-state index in [1.165, 1.54) is 12.1 Å². The minimum absolute atomic E-state index is 0. The molecule has 1 saturated heterocycles. The zero-order valence-corrected chi connectivity index (χ0v) is 14.6. The Morgan fingerprint density at radius 1 is 1.48 bits per heavy atom. The molecule has 2 unspecified atom stereocenters. The van der Waals surface area contributed by atoms with Gasteiger partial charge in [-0.25, -0.2) is 12.8 Å². The van der Waals surface area contributed by atoms with Gasteiger partial charge >= 0.3 is 0 Å². The van der Waals surface area contributed by atoms with Gasteiger partial charge in [-0.2, -0.15) is 0 Å². The van der Waals surface area contributed by atoms with Gasteiger partial charge in [-0.3, -0.25) is 9.52 Å². The molecule has 1 aromatic rings. The highest BCUT2D eigenvalue weighted by Gasteiger charge is 2.32. The topological polar surface area (TPSA) is 92.5 Å². The summed E-state index contributed by atoms with van der Waals surface area (Å²) in [5.74, 6) is -0.718. The second-order valence-electron chi connectivity index (χ2n) is 5.71. The molecule has 0 aromatic heterocycles. The Morgan fingerprint density at radius 2 is 2.13 bits per heavy atom. The van der Waals surface area contributed by atoms with Crippen LogP contribution in [0.15, 0.2) is 18.2 Å². The Morgan fingerprint density at radius 3 is 2.65 bits per heavy atom. The molecule has 2 atom stereocenters. The molecule has 1 amide bonds. The van der Waals surface area contributed by atoms with Gasteiger partial charge in [0.1, 0.15) is 5.82 Å². The van der Waals surface area contributed by atoms with Crippen LogP contribution in [-0.2, 0) is 10.0 Å². The lowest BCUT2D eigenvalue weighted by Crippen LogP contribution is -2.34. The summed E-state index contributed by atoms with van der Waals surface area (Å²) in [7, 11) is -3.62. The predicted molar refractivity (Wildman–Crippen MR) is 89.8 cm³/mol. The van der Waals surface area contributed by atoms with Crippen LogP contribution >= 0.6 is 12.4 Å². The molecule has 0 bridgehead atoms. The van der Waals surface area contributed by atoms with Gasteiger partial charge in [-0.05, 0) is 44.0 Å². The van der Waals surface area contributed by atoms with Crippen LogP contribution in [0.3, 0.4) is 0 Å². The van der Waals surface area contributed by atoms with Crippen molar-refractivity contribution in [2.24, 2.45) is 11.7 Å². The molecule has 6 nitrogen and oxygen atoms in total. The van der Waals surface area contributed by atoms with Crippen LogP contribution in [0.1, 0.15) is 23.7 Å². The number of sulfonamides is 1. The third kappa shape index (κ3) is 4.79. The molecule has 3 N–H and O–H groups in total.